The minimum Gasteiger partial charge on any atom is -0.342 e. The molecule has 1 aromatic heterocycles. The van der Waals surface area contributed by atoms with Crippen LogP contribution >= 0.6 is 0 Å². The van der Waals surface area contributed by atoms with E-state index in [0.717, 1.165) is 56.3 Å². The molecule has 0 N–H and O–H groups in total. The van der Waals surface area contributed by atoms with Crippen molar-refractivity contribution in [2.24, 2.45) is 5.92 Å². The summed E-state index contributed by atoms with van der Waals surface area (Å²) in [5.41, 5.74) is 3.43. The number of amides is 1. The molecule has 0 spiro atoms. The second-order valence-corrected chi connectivity index (χ2v) is 8.22. The molecule has 156 valence electrons. The van der Waals surface area contributed by atoms with E-state index in [2.05, 4.69) is 34.4 Å². The number of carbonyl (C=O) groups excluding carboxylic acids is 1. The van der Waals surface area contributed by atoms with Crippen LogP contribution in [0.3, 0.4) is 0 Å². The summed E-state index contributed by atoms with van der Waals surface area (Å²) in [5, 5.41) is 4.17. The summed E-state index contributed by atoms with van der Waals surface area (Å²) in [7, 11) is 0. The maximum Gasteiger partial charge on any atom is 0.227 e. The average molecular weight is 404 g/mol. The predicted molar refractivity (Wildman–Crippen MR) is 117 cm³/mol. The Morgan fingerprint density at radius 3 is 2.77 bits per heavy atom. The molecule has 0 aliphatic carbocycles. The SMILES string of the molecule is Cc1ccccc1-c1noc(CC2CCCN(C(=O)CCCc3ccccc3)C2)n1. The number of nitrogens with zero attached hydrogens (tertiary/aromatic N) is 3. The molecule has 1 amide bonds. The maximum atomic E-state index is 12.7. The molecule has 0 radical (unpaired) electrons. The Kier molecular flexibility index (Phi) is 6.57. The minimum absolute atomic E-state index is 0.266. The van der Waals surface area contributed by atoms with Crippen molar-refractivity contribution in [3.63, 3.8) is 0 Å². The highest BCUT2D eigenvalue weighted by Crippen LogP contribution is 2.24. The largest absolute Gasteiger partial charge is 0.342 e. The monoisotopic (exact) mass is 403 g/mol. The van der Waals surface area contributed by atoms with E-state index < -0.39 is 0 Å². The van der Waals surface area contributed by atoms with Gasteiger partial charge in [0.2, 0.25) is 17.6 Å². The standard InChI is InChI=1S/C25H29N3O2/c1-19-9-5-6-14-22(19)25-26-23(30-27-25)17-21-13-8-16-28(18-21)24(29)15-7-12-20-10-3-2-4-11-20/h2-6,9-11,14,21H,7-8,12-13,15-18H2,1H3. The van der Waals surface area contributed by atoms with Crippen molar-refractivity contribution >= 4 is 5.91 Å². The van der Waals surface area contributed by atoms with E-state index in [1.807, 2.05) is 42.2 Å². The van der Waals surface area contributed by atoms with Gasteiger partial charge in [-0.15, -0.1) is 0 Å². The van der Waals surface area contributed by atoms with Gasteiger partial charge < -0.3 is 9.42 Å². The average Bonchev–Trinajstić information content (AvgIpc) is 3.23. The van der Waals surface area contributed by atoms with Crippen LogP contribution in [0.2, 0.25) is 0 Å². The molecule has 5 heteroatoms. The molecule has 1 aliphatic rings. The number of hydrogen-bond donors (Lipinski definition) is 0. The van der Waals surface area contributed by atoms with Gasteiger partial charge in [0, 0.05) is 31.5 Å². The van der Waals surface area contributed by atoms with Gasteiger partial charge in [-0.05, 0) is 49.7 Å². The van der Waals surface area contributed by atoms with Crippen LogP contribution in [0.15, 0.2) is 59.1 Å². The fraction of sp³-hybridized carbons (Fsp3) is 0.400. The summed E-state index contributed by atoms with van der Waals surface area (Å²) >= 11 is 0. The van der Waals surface area contributed by atoms with Gasteiger partial charge in [-0.2, -0.15) is 4.98 Å². The third kappa shape index (κ3) is 5.15. The molecule has 30 heavy (non-hydrogen) atoms. The molecule has 1 unspecified atom stereocenters. The zero-order valence-electron chi connectivity index (χ0n) is 17.6. The molecular formula is C25H29N3O2. The highest BCUT2D eigenvalue weighted by Gasteiger charge is 2.25. The molecule has 1 fully saturated rings. The first kappa shape index (κ1) is 20.3. The quantitative estimate of drug-likeness (QED) is 0.566. The van der Waals surface area contributed by atoms with Crippen molar-refractivity contribution in [1.29, 1.82) is 0 Å². The Morgan fingerprint density at radius 1 is 1.13 bits per heavy atom. The molecular weight excluding hydrogens is 374 g/mol. The van der Waals surface area contributed by atoms with E-state index in [4.69, 9.17) is 4.52 Å². The van der Waals surface area contributed by atoms with E-state index in [1.165, 1.54) is 5.56 Å². The Hall–Kier alpha value is -2.95. The molecule has 5 nitrogen and oxygen atoms in total. The van der Waals surface area contributed by atoms with E-state index in [9.17, 15) is 4.79 Å². The lowest BCUT2D eigenvalue weighted by atomic mass is 9.94. The van der Waals surface area contributed by atoms with E-state index in [1.54, 1.807) is 0 Å². The summed E-state index contributed by atoms with van der Waals surface area (Å²) in [6.07, 6.45) is 5.32. The smallest absolute Gasteiger partial charge is 0.227 e. The molecule has 1 aliphatic heterocycles. The number of rotatable bonds is 7. The van der Waals surface area contributed by atoms with Gasteiger partial charge in [0.25, 0.3) is 0 Å². The second kappa shape index (κ2) is 9.70. The molecule has 1 atom stereocenters. The van der Waals surface area contributed by atoms with E-state index in [-0.39, 0.29) is 5.91 Å². The summed E-state index contributed by atoms with van der Waals surface area (Å²) in [6, 6.07) is 18.4. The van der Waals surface area contributed by atoms with Crippen LogP contribution in [0.5, 0.6) is 0 Å². The third-order valence-electron chi connectivity index (χ3n) is 5.89. The number of aryl methyl sites for hydroxylation is 2. The van der Waals surface area contributed by atoms with Crippen molar-refractivity contribution in [2.45, 2.75) is 45.4 Å². The molecule has 4 rings (SSSR count). The fourth-order valence-electron chi connectivity index (χ4n) is 4.22. The number of aromatic nitrogens is 2. The Balaban J connectivity index is 1.29. The van der Waals surface area contributed by atoms with Crippen LogP contribution < -0.4 is 0 Å². The fourth-order valence-corrected chi connectivity index (χ4v) is 4.22. The molecule has 2 heterocycles. The topological polar surface area (TPSA) is 59.2 Å². The van der Waals surface area contributed by atoms with Gasteiger partial charge in [-0.3, -0.25) is 4.79 Å². The molecule has 2 aromatic carbocycles. The van der Waals surface area contributed by atoms with Gasteiger partial charge in [0.05, 0.1) is 0 Å². The van der Waals surface area contributed by atoms with Crippen LogP contribution in [0, 0.1) is 12.8 Å². The first-order valence-corrected chi connectivity index (χ1v) is 10.9. The molecule has 1 saturated heterocycles. The predicted octanol–water partition coefficient (Wildman–Crippen LogP) is 4.85. The lowest BCUT2D eigenvalue weighted by Crippen LogP contribution is -2.40. The van der Waals surface area contributed by atoms with Gasteiger partial charge in [-0.25, -0.2) is 0 Å². The number of hydrogen-bond acceptors (Lipinski definition) is 4. The van der Waals surface area contributed by atoms with Crippen LogP contribution in [0.4, 0.5) is 0 Å². The summed E-state index contributed by atoms with van der Waals surface area (Å²) in [6.45, 7) is 3.69. The van der Waals surface area contributed by atoms with Crippen LogP contribution in [-0.4, -0.2) is 34.0 Å². The minimum atomic E-state index is 0.266. The zero-order valence-corrected chi connectivity index (χ0v) is 17.6. The number of carbonyl (C=O) groups is 1. The molecule has 0 saturated carbocycles. The summed E-state index contributed by atoms with van der Waals surface area (Å²) in [5.74, 6) is 1.95. The first-order valence-electron chi connectivity index (χ1n) is 10.9. The van der Waals surface area contributed by atoms with Crippen molar-refractivity contribution in [3.05, 3.63) is 71.6 Å². The third-order valence-corrected chi connectivity index (χ3v) is 5.89. The van der Waals surface area contributed by atoms with Gasteiger partial charge in [-0.1, -0.05) is 59.8 Å². The van der Waals surface area contributed by atoms with Crippen molar-refractivity contribution in [3.8, 4) is 11.4 Å². The van der Waals surface area contributed by atoms with Crippen LogP contribution in [0.1, 0.15) is 42.7 Å². The second-order valence-electron chi connectivity index (χ2n) is 8.22. The van der Waals surface area contributed by atoms with Crippen molar-refractivity contribution in [1.82, 2.24) is 15.0 Å². The lowest BCUT2D eigenvalue weighted by molar-refractivity contribution is -0.133. The Bertz CT molecular complexity index is 967. The van der Waals surface area contributed by atoms with Crippen LogP contribution in [0.25, 0.3) is 11.4 Å². The summed E-state index contributed by atoms with van der Waals surface area (Å²) in [4.78, 5) is 19.3. The zero-order chi connectivity index (χ0) is 20.8. The molecule has 0 bridgehead atoms. The van der Waals surface area contributed by atoms with E-state index in [0.29, 0.717) is 24.1 Å². The number of piperidine rings is 1. The normalized spacial score (nSPS) is 16.6. The van der Waals surface area contributed by atoms with Crippen molar-refractivity contribution in [2.75, 3.05) is 13.1 Å². The number of likely N-dealkylation sites (tertiary alicyclic amines) is 1. The maximum absolute atomic E-state index is 12.7. The van der Waals surface area contributed by atoms with Gasteiger partial charge in [0.1, 0.15) is 0 Å². The van der Waals surface area contributed by atoms with Gasteiger partial charge in [0.15, 0.2) is 0 Å². The first-order chi connectivity index (χ1) is 14.7. The Labute approximate surface area is 178 Å². The summed E-state index contributed by atoms with van der Waals surface area (Å²) < 4.78 is 5.52. The Morgan fingerprint density at radius 2 is 1.93 bits per heavy atom. The highest BCUT2D eigenvalue weighted by molar-refractivity contribution is 5.76. The highest BCUT2D eigenvalue weighted by atomic mass is 16.5. The van der Waals surface area contributed by atoms with E-state index >= 15 is 0 Å². The number of benzene rings is 2. The molecule has 3 aromatic rings. The van der Waals surface area contributed by atoms with Crippen LogP contribution in [-0.2, 0) is 17.6 Å². The lowest BCUT2D eigenvalue weighted by Gasteiger charge is -2.32. The van der Waals surface area contributed by atoms with Gasteiger partial charge >= 0.3 is 0 Å². The van der Waals surface area contributed by atoms with Crippen molar-refractivity contribution < 1.29 is 9.32 Å².